The maximum Gasteiger partial charge on any atom is 0.191 e. The third-order valence-electron chi connectivity index (χ3n) is 2.51. The molecule has 0 aliphatic rings. The summed E-state index contributed by atoms with van der Waals surface area (Å²) in [5.74, 6) is 0.764. The second-order valence-corrected chi connectivity index (χ2v) is 3.82. The predicted octanol–water partition coefficient (Wildman–Crippen LogP) is 1.71. The molecule has 1 rings (SSSR count). The average Bonchev–Trinajstić information content (AvgIpc) is 2.40. The summed E-state index contributed by atoms with van der Waals surface area (Å²) in [5.41, 5.74) is 2.21. The molecular weight excluding hydrogens is 355 g/mol. The van der Waals surface area contributed by atoms with Crippen molar-refractivity contribution in [2.75, 3.05) is 26.8 Å². The summed E-state index contributed by atoms with van der Waals surface area (Å²) in [6, 6.07) is 3.99. The third-order valence-corrected chi connectivity index (χ3v) is 2.51. The highest BCUT2D eigenvalue weighted by atomic mass is 127. The molecule has 0 aliphatic carbocycles. The number of ether oxygens (including phenoxy) is 1. The van der Waals surface area contributed by atoms with Gasteiger partial charge in [-0.3, -0.25) is 9.98 Å². The number of nitrogens with one attached hydrogen (secondary N) is 2. The number of aromatic nitrogens is 1. The van der Waals surface area contributed by atoms with Crippen molar-refractivity contribution < 1.29 is 4.74 Å². The molecule has 19 heavy (non-hydrogen) atoms. The first-order chi connectivity index (χ1) is 8.77. The van der Waals surface area contributed by atoms with Crippen molar-refractivity contribution in [1.29, 1.82) is 0 Å². The van der Waals surface area contributed by atoms with Gasteiger partial charge in [0.25, 0.3) is 0 Å². The number of nitrogens with zero attached hydrogens (tertiary/aromatic N) is 2. The number of guanidine groups is 1. The van der Waals surface area contributed by atoms with Crippen molar-refractivity contribution in [2.45, 2.75) is 20.4 Å². The second-order valence-electron chi connectivity index (χ2n) is 3.82. The van der Waals surface area contributed by atoms with Crippen LogP contribution < -0.4 is 10.6 Å². The standard InChI is InChI=1S/C13H22N4O.HI/c1-4-18-9-8-16-13(14-3)17-10-12-11(2)6-5-7-15-12;/h5-7H,4,8-10H2,1-3H3,(H2,14,16,17);1H. The monoisotopic (exact) mass is 378 g/mol. The molecule has 0 unspecified atom stereocenters. The lowest BCUT2D eigenvalue weighted by Crippen LogP contribution is -2.38. The van der Waals surface area contributed by atoms with Crippen molar-refractivity contribution in [1.82, 2.24) is 15.6 Å². The first kappa shape index (κ1) is 18.1. The molecule has 6 heteroatoms. The van der Waals surface area contributed by atoms with Crippen molar-refractivity contribution in [3.8, 4) is 0 Å². The summed E-state index contributed by atoms with van der Waals surface area (Å²) >= 11 is 0. The van der Waals surface area contributed by atoms with Gasteiger partial charge in [-0.1, -0.05) is 6.07 Å². The zero-order chi connectivity index (χ0) is 13.2. The average molecular weight is 378 g/mol. The van der Waals surface area contributed by atoms with Gasteiger partial charge in [0.1, 0.15) is 0 Å². The number of pyridine rings is 1. The third kappa shape index (κ3) is 7.31. The lowest BCUT2D eigenvalue weighted by atomic mass is 10.2. The molecule has 1 aromatic rings. The highest BCUT2D eigenvalue weighted by Crippen LogP contribution is 2.01. The van der Waals surface area contributed by atoms with E-state index in [-0.39, 0.29) is 24.0 Å². The van der Waals surface area contributed by atoms with Crippen LogP contribution in [0, 0.1) is 6.92 Å². The Bertz CT molecular complexity index is 385. The number of aliphatic imine (C=N–C) groups is 1. The van der Waals surface area contributed by atoms with Crippen LogP contribution in [-0.4, -0.2) is 37.7 Å². The van der Waals surface area contributed by atoms with E-state index in [9.17, 15) is 0 Å². The predicted molar refractivity (Wildman–Crippen MR) is 89.1 cm³/mol. The lowest BCUT2D eigenvalue weighted by molar-refractivity contribution is 0.152. The fourth-order valence-corrected chi connectivity index (χ4v) is 1.48. The topological polar surface area (TPSA) is 58.5 Å². The summed E-state index contributed by atoms with van der Waals surface area (Å²) in [4.78, 5) is 8.47. The van der Waals surface area contributed by atoms with Gasteiger partial charge in [0.05, 0.1) is 18.8 Å². The van der Waals surface area contributed by atoms with Gasteiger partial charge < -0.3 is 15.4 Å². The van der Waals surface area contributed by atoms with Crippen molar-refractivity contribution in [3.05, 3.63) is 29.6 Å². The van der Waals surface area contributed by atoms with Crippen LogP contribution in [0.5, 0.6) is 0 Å². The lowest BCUT2D eigenvalue weighted by Gasteiger charge is -2.12. The van der Waals surface area contributed by atoms with E-state index in [1.807, 2.05) is 13.0 Å². The molecule has 0 fully saturated rings. The van der Waals surface area contributed by atoms with Crippen LogP contribution in [-0.2, 0) is 11.3 Å². The molecule has 0 aliphatic heterocycles. The Morgan fingerprint density at radius 3 is 2.84 bits per heavy atom. The minimum atomic E-state index is 0. The van der Waals surface area contributed by atoms with Crippen LogP contribution in [0.1, 0.15) is 18.2 Å². The number of aryl methyl sites for hydroxylation is 1. The summed E-state index contributed by atoms with van der Waals surface area (Å²) in [6.45, 7) is 6.86. The van der Waals surface area contributed by atoms with E-state index in [1.54, 1.807) is 13.2 Å². The molecule has 1 aromatic heterocycles. The van der Waals surface area contributed by atoms with Crippen LogP contribution in [0.2, 0.25) is 0 Å². The van der Waals surface area contributed by atoms with Crippen LogP contribution in [0.3, 0.4) is 0 Å². The number of hydrogen-bond donors (Lipinski definition) is 2. The van der Waals surface area contributed by atoms with Gasteiger partial charge in [-0.2, -0.15) is 0 Å². The SMILES string of the molecule is CCOCCNC(=NC)NCc1ncccc1C.I. The maximum absolute atomic E-state index is 5.25. The van der Waals surface area contributed by atoms with Gasteiger partial charge >= 0.3 is 0 Å². The second kappa shape index (κ2) is 11.0. The fraction of sp³-hybridized carbons (Fsp3) is 0.538. The molecule has 0 saturated heterocycles. The minimum Gasteiger partial charge on any atom is -0.380 e. The summed E-state index contributed by atoms with van der Waals surface area (Å²) in [5, 5.41) is 6.40. The van der Waals surface area contributed by atoms with Gasteiger partial charge in [0.15, 0.2) is 5.96 Å². The molecule has 0 saturated carbocycles. The Kier molecular flexibility index (Phi) is 10.5. The first-order valence-corrected chi connectivity index (χ1v) is 6.20. The molecule has 0 radical (unpaired) electrons. The van der Waals surface area contributed by atoms with Gasteiger partial charge in [-0.25, -0.2) is 0 Å². The van der Waals surface area contributed by atoms with Gasteiger partial charge in [0.2, 0.25) is 0 Å². The van der Waals surface area contributed by atoms with Gasteiger partial charge in [-0.15, -0.1) is 24.0 Å². The molecule has 0 amide bonds. The highest BCUT2D eigenvalue weighted by molar-refractivity contribution is 14.0. The molecule has 108 valence electrons. The van der Waals surface area contributed by atoms with Crippen LogP contribution >= 0.6 is 24.0 Å². The van der Waals surface area contributed by atoms with Crippen molar-refractivity contribution in [2.24, 2.45) is 4.99 Å². The molecule has 0 atom stereocenters. The Labute approximate surface area is 132 Å². The quantitative estimate of drug-likeness (QED) is 0.343. The van der Waals surface area contributed by atoms with Crippen LogP contribution in [0.15, 0.2) is 23.3 Å². The Morgan fingerprint density at radius 1 is 1.42 bits per heavy atom. The normalized spacial score (nSPS) is 10.8. The van der Waals surface area contributed by atoms with Crippen molar-refractivity contribution >= 4 is 29.9 Å². The van der Waals surface area contributed by atoms with Crippen LogP contribution in [0.25, 0.3) is 0 Å². The summed E-state index contributed by atoms with van der Waals surface area (Å²) in [6.07, 6.45) is 1.80. The molecular formula is C13H23IN4O. The zero-order valence-corrected chi connectivity index (χ0v) is 14.1. The maximum atomic E-state index is 5.25. The van der Waals surface area contributed by atoms with E-state index in [0.717, 1.165) is 24.8 Å². The largest absolute Gasteiger partial charge is 0.380 e. The smallest absolute Gasteiger partial charge is 0.191 e. The Morgan fingerprint density at radius 2 is 2.21 bits per heavy atom. The van der Waals surface area contributed by atoms with E-state index in [1.165, 1.54) is 5.56 Å². The minimum absolute atomic E-state index is 0. The summed E-state index contributed by atoms with van der Waals surface area (Å²) in [7, 11) is 1.75. The molecule has 1 heterocycles. The fourth-order valence-electron chi connectivity index (χ4n) is 1.48. The summed E-state index contributed by atoms with van der Waals surface area (Å²) < 4.78 is 5.25. The first-order valence-electron chi connectivity index (χ1n) is 6.20. The Hall–Kier alpha value is -0.890. The van der Waals surface area contributed by atoms with E-state index >= 15 is 0 Å². The molecule has 0 bridgehead atoms. The number of hydrogen-bond acceptors (Lipinski definition) is 3. The van der Waals surface area contributed by atoms with E-state index in [0.29, 0.717) is 13.2 Å². The molecule has 0 spiro atoms. The number of halogens is 1. The molecule has 0 aromatic carbocycles. The number of rotatable bonds is 6. The molecule has 2 N–H and O–H groups in total. The Balaban J connectivity index is 0.00000324. The highest BCUT2D eigenvalue weighted by Gasteiger charge is 2.00. The van der Waals surface area contributed by atoms with E-state index < -0.39 is 0 Å². The van der Waals surface area contributed by atoms with Gasteiger partial charge in [-0.05, 0) is 25.5 Å². The molecule has 5 nitrogen and oxygen atoms in total. The van der Waals surface area contributed by atoms with E-state index in [2.05, 4.69) is 33.6 Å². The van der Waals surface area contributed by atoms with E-state index in [4.69, 9.17) is 4.74 Å². The van der Waals surface area contributed by atoms with Crippen LogP contribution in [0.4, 0.5) is 0 Å². The van der Waals surface area contributed by atoms with Gasteiger partial charge in [0, 0.05) is 26.4 Å². The zero-order valence-electron chi connectivity index (χ0n) is 11.8. The van der Waals surface area contributed by atoms with Crippen molar-refractivity contribution in [3.63, 3.8) is 0 Å².